The van der Waals surface area contributed by atoms with Crippen LogP contribution in [-0.4, -0.2) is 85.7 Å². The molecule has 3 rings (SSSR count). The Morgan fingerprint density at radius 3 is 2.27 bits per heavy atom. The van der Waals surface area contributed by atoms with Gasteiger partial charge >= 0.3 is 6.03 Å². The summed E-state index contributed by atoms with van der Waals surface area (Å²) in [6.07, 6.45) is 2.25. The summed E-state index contributed by atoms with van der Waals surface area (Å²) in [6, 6.07) is 7.38. The molecule has 7 nitrogen and oxygen atoms in total. The monoisotopic (exact) mass is 432 g/mol. The molecule has 1 aliphatic carbocycles. The van der Waals surface area contributed by atoms with E-state index in [2.05, 4.69) is 10.2 Å². The molecule has 1 aromatic rings. The standard InChI is InChI=1S/C22H29ClN4O3/c1-25(2)22(30)27-11-9-26(10-12-27)8-7-24-15-19-20(28)13-17(14-21(19)29)16-3-5-18(23)6-4-16/h3-6,15,17,24H,7-14H2,1-2H3. The van der Waals surface area contributed by atoms with E-state index in [1.807, 2.05) is 17.0 Å². The third-order valence-corrected chi connectivity index (χ3v) is 5.90. The lowest BCUT2D eigenvalue weighted by Crippen LogP contribution is -2.52. The summed E-state index contributed by atoms with van der Waals surface area (Å²) in [7, 11) is 3.52. The van der Waals surface area contributed by atoms with Crippen LogP contribution in [0, 0.1) is 0 Å². The molecule has 0 spiro atoms. The van der Waals surface area contributed by atoms with Crippen molar-refractivity contribution in [3.8, 4) is 0 Å². The summed E-state index contributed by atoms with van der Waals surface area (Å²) in [4.78, 5) is 42.7. The molecule has 1 heterocycles. The summed E-state index contributed by atoms with van der Waals surface area (Å²) < 4.78 is 0. The van der Waals surface area contributed by atoms with Gasteiger partial charge in [-0.25, -0.2) is 4.79 Å². The number of Topliss-reactive ketones (excluding diaryl/α,β-unsaturated/α-hetero) is 2. The predicted octanol–water partition coefficient (Wildman–Crippen LogP) is 2.13. The molecule has 8 heteroatoms. The predicted molar refractivity (Wildman–Crippen MR) is 117 cm³/mol. The van der Waals surface area contributed by atoms with Gasteiger partial charge in [-0.2, -0.15) is 0 Å². The van der Waals surface area contributed by atoms with E-state index in [9.17, 15) is 14.4 Å². The molecule has 1 aliphatic heterocycles. The van der Waals surface area contributed by atoms with Crippen molar-refractivity contribution in [3.05, 3.63) is 46.6 Å². The number of benzene rings is 1. The molecule has 30 heavy (non-hydrogen) atoms. The van der Waals surface area contributed by atoms with Crippen molar-refractivity contribution in [3.63, 3.8) is 0 Å². The van der Waals surface area contributed by atoms with Gasteiger partial charge in [-0.3, -0.25) is 14.5 Å². The van der Waals surface area contributed by atoms with Gasteiger partial charge in [0.1, 0.15) is 0 Å². The van der Waals surface area contributed by atoms with Gasteiger partial charge in [0, 0.05) is 77.4 Å². The van der Waals surface area contributed by atoms with Gasteiger partial charge in [0.05, 0.1) is 5.57 Å². The number of allylic oxidation sites excluding steroid dienone is 1. The average Bonchev–Trinajstić information content (AvgIpc) is 2.73. The topological polar surface area (TPSA) is 73.0 Å². The molecule has 162 valence electrons. The minimum Gasteiger partial charge on any atom is -0.389 e. The zero-order chi connectivity index (χ0) is 21.7. The van der Waals surface area contributed by atoms with Gasteiger partial charge in [-0.05, 0) is 23.6 Å². The molecular weight excluding hydrogens is 404 g/mol. The van der Waals surface area contributed by atoms with Crippen LogP contribution in [0.25, 0.3) is 0 Å². The number of nitrogens with one attached hydrogen (secondary N) is 1. The van der Waals surface area contributed by atoms with Gasteiger partial charge in [-0.1, -0.05) is 23.7 Å². The second-order valence-electron chi connectivity index (χ2n) is 8.02. The molecule has 0 aromatic heterocycles. The Bertz CT molecular complexity index is 794. The number of rotatable bonds is 5. The van der Waals surface area contributed by atoms with Gasteiger partial charge < -0.3 is 15.1 Å². The number of hydrogen-bond donors (Lipinski definition) is 1. The van der Waals surface area contributed by atoms with E-state index >= 15 is 0 Å². The van der Waals surface area contributed by atoms with E-state index in [-0.39, 0.29) is 29.1 Å². The summed E-state index contributed by atoms with van der Waals surface area (Å²) in [5, 5.41) is 3.77. The van der Waals surface area contributed by atoms with Crippen molar-refractivity contribution in [2.75, 3.05) is 53.4 Å². The third-order valence-electron chi connectivity index (χ3n) is 5.65. The van der Waals surface area contributed by atoms with Crippen molar-refractivity contribution in [1.29, 1.82) is 0 Å². The summed E-state index contributed by atoms with van der Waals surface area (Å²) in [5.41, 5.74) is 1.24. The van der Waals surface area contributed by atoms with Crippen LogP contribution < -0.4 is 5.32 Å². The van der Waals surface area contributed by atoms with Crippen molar-refractivity contribution < 1.29 is 14.4 Å². The van der Waals surface area contributed by atoms with E-state index < -0.39 is 0 Å². The van der Waals surface area contributed by atoms with Crippen LogP contribution in [0.15, 0.2) is 36.0 Å². The fourth-order valence-electron chi connectivity index (χ4n) is 3.87. The van der Waals surface area contributed by atoms with Crippen molar-refractivity contribution >= 4 is 29.2 Å². The molecule has 0 unspecified atom stereocenters. The second-order valence-corrected chi connectivity index (χ2v) is 8.46. The Kier molecular flexibility index (Phi) is 7.50. The Labute approximate surface area is 182 Å². The number of ketones is 2. The minimum atomic E-state index is -0.116. The molecule has 2 amide bonds. The summed E-state index contributed by atoms with van der Waals surface area (Å²) >= 11 is 5.92. The number of amides is 2. The highest BCUT2D eigenvalue weighted by Gasteiger charge is 2.31. The molecule has 2 fully saturated rings. The van der Waals surface area contributed by atoms with E-state index in [1.165, 1.54) is 0 Å². The van der Waals surface area contributed by atoms with Crippen LogP contribution in [0.1, 0.15) is 24.3 Å². The maximum absolute atomic E-state index is 12.5. The molecule has 1 saturated carbocycles. The number of halogens is 1. The lowest BCUT2D eigenvalue weighted by Gasteiger charge is -2.35. The number of piperazine rings is 1. The number of nitrogens with zero attached hydrogens (tertiary/aromatic N) is 3. The number of carbonyl (C=O) groups is 3. The Morgan fingerprint density at radius 2 is 1.70 bits per heavy atom. The second kappa shape index (κ2) is 10.1. The van der Waals surface area contributed by atoms with Crippen LogP contribution in [-0.2, 0) is 9.59 Å². The SMILES string of the molecule is CN(C)C(=O)N1CCN(CCNC=C2C(=O)CC(c3ccc(Cl)cc3)CC2=O)CC1. The first kappa shape index (κ1) is 22.3. The molecule has 0 bridgehead atoms. The Balaban J connectivity index is 1.43. The van der Waals surface area contributed by atoms with Gasteiger partial charge in [0.25, 0.3) is 0 Å². The maximum Gasteiger partial charge on any atom is 0.319 e. The van der Waals surface area contributed by atoms with Crippen LogP contribution in [0.2, 0.25) is 5.02 Å². The lowest BCUT2D eigenvalue weighted by molar-refractivity contribution is -0.124. The van der Waals surface area contributed by atoms with Gasteiger partial charge in [0.15, 0.2) is 11.6 Å². The first-order valence-corrected chi connectivity index (χ1v) is 10.7. The highest BCUT2D eigenvalue weighted by Crippen LogP contribution is 2.31. The fourth-order valence-corrected chi connectivity index (χ4v) is 4.00. The Morgan fingerprint density at radius 1 is 1.10 bits per heavy atom. The quantitative estimate of drug-likeness (QED) is 0.438. The van der Waals surface area contributed by atoms with Crippen LogP contribution in [0.3, 0.4) is 0 Å². The van der Waals surface area contributed by atoms with Crippen molar-refractivity contribution in [2.24, 2.45) is 0 Å². The lowest BCUT2D eigenvalue weighted by atomic mass is 9.80. The van der Waals surface area contributed by atoms with E-state index in [0.29, 0.717) is 37.5 Å². The normalized spacial score (nSPS) is 20.3. The van der Waals surface area contributed by atoms with Gasteiger partial charge in [0.2, 0.25) is 0 Å². The zero-order valence-electron chi connectivity index (χ0n) is 17.6. The molecule has 1 N–H and O–H groups in total. The van der Waals surface area contributed by atoms with E-state index in [0.717, 1.165) is 25.2 Å². The van der Waals surface area contributed by atoms with Gasteiger partial charge in [-0.15, -0.1) is 0 Å². The molecule has 1 aromatic carbocycles. The molecule has 0 atom stereocenters. The van der Waals surface area contributed by atoms with Crippen molar-refractivity contribution in [2.45, 2.75) is 18.8 Å². The number of urea groups is 1. The average molecular weight is 433 g/mol. The number of carbonyl (C=O) groups excluding carboxylic acids is 3. The highest BCUT2D eigenvalue weighted by molar-refractivity contribution is 6.30. The van der Waals surface area contributed by atoms with E-state index in [4.69, 9.17) is 11.6 Å². The fraction of sp³-hybridized carbons (Fsp3) is 0.500. The zero-order valence-corrected chi connectivity index (χ0v) is 18.3. The smallest absolute Gasteiger partial charge is 0.319 e. The van der Waals surface area contributed by atoms with Crippen LogP contribution >= 0.6 is 11.6 Å². The first-order chi connectivity index (χ1) is 14.3. The molecule has 2 aliphatic rings. The van der Waals surface area contributed by atoms with Crippen LogP contribution in [0.4, 0.5) is 4.79 Å². The largest absolute Gasteiger partial charge is 0.389 e. The minimum absolute atomic E-state index is 0.0451. The Hall–Kier alpha value is -2.38. The maximum atomic E-state index is 12.5. The highest BCUT2D eigenvalue weighted by atomic mass is 35.5. The van der Waals surface area contributed by atoms with E-state index in [1.54, 1.807) is 37.3 Å². The van der Waals surface area contributed by atoms with Crippen LogP contribution in [0.5, 0.6) is 0 Å². The summed E-state index contributed by atoms with van der Waals surface area (Å²) in [5.74, 6) is -0.315. The number of hydrogen-bond acceptors (Lipinski definition) is 5. The molecule has 0 radical (unpaired) electrons. The third kappa shape index (κ3) is 5.61. The molecule has 1 saturated heterocycles. The molecular formula is C22H29ClN4O3. The first-order valence-electron chi connectivity index (χ1n) is 10.3. The summed E-state index contributed by atoms with van der Waals surface area (Å²) in [6.45, 7) is 4.50. The van der Waals surface area contributed by atoms with Crippen molar-refractivity contribution in [1.82, 2.24) is 20.0 Å².